The summed E-state index contributed by atoms with van der Waals surface area (Å²) < 4.78 is 0. The number of aromatic nitrogens is 1. The van der Waals surface area contributed by atoms with Gasteiger partial charge in [0.2, 0.25) is 0 Å². The van der Waals surface area contributed by atoms with Gasteiger partial charge in [-0.1, -0.05) is 29.3 Å². The highest BCUT2D eigenvalue weighted by Gasteiger charge is 2.08. The second-order valence-corrected chi connectivity index (χ2v) is 5.89. The SMILES string of the molecule is Cc1ncsc1CNC(C)c1ccc(Cl)c(Cl)c1. The molecule has 1 heterocycles. The topological polar surface area (TPSA) is 24.9 Å². The normalized spacial score (nSPS) is 12.7. The lowest BCUT2D eigenvalue weighted by molar-refractivity contribution is 0.577. The minimum Gasteiger partial charge on any atom is -0.305 e. The van der Waals surface area contributed by atoms with Gasteiger partial charge in [0.15, 0.2) is 0 Å². The van der Waals surface area contributed by atoms with Crippen LogP contribution in [0.15, 0.2) is 23.7 Å². The lowest BCUT2D eigenvalue weighted by atomic mass is 10.1. The standard InChI is InChI=1S/C13H14Cl2N2S/c1-8(10-3-4-11(14)12(15)5-10)16-6-13-9(2)17-7-18-13/h3-5,7-8,16H,6H2,1-2H3. The maximum Gasteiger partial charge on any atom is 0.0798 e. The summed E-state index contributed by atoms with van der Waals surface area (Å²) in [7, 11) is 0. The molecular weight excluding hydrogens is 287 g/mol. The molecule has 0 spiro atoms. The molecule has 0 bridgehead atoms. The quantitative estimate of drug-likeness (QED) is 0.892. The van der Waals surface area contributed by atoms with Gasteiger partial charge in [-0.15, -0.1) is 11.3 Å². The Labute approximate surface area is 121 Å². The molecular formula is C13H14Cl2N2S. The summed E-state index contributed by atoms with van der Waals surface area (Å²) >= 11 is 13.6. The van der Waals surface area contributed by atoms with Crippen molar-refractivity contribution in [2.75, 3.05) is 0 Å². The van der Waals surface area contributed by atoms with Crippen molar-refractivity contribution in [2.45, 2.75) is 26.4 Å². The molecule has 1 atom stereocenters. The van der Waals surface area contributed by atoms with Crippen LogP contribution in [-0.4, -0.2) is 4.98 Å². The average molecular weight is 301 g/mol. The fourth-order valence-electron chi connectivity index (χ4n) is 1.64. The van der Waals surface area contributed by atoms with Gasteiger partial charge in [0.25, 0.3) is 0 Å². The highest BCUT2D eigenvalue weighted by Crippen LogP contribution is 2.25. The summed E-state index contributed by atoms with van der Waals surface area (Å²) in [5.74, 6) is 0. The van der Waals surface area contributed by atoms with Gasteiger partial charge < -0.3 is 5.32 Å². The maximum atomic E-state index is 6.02. The molecule has 2 rings (SSSR count). The van der Waals surface area contributed by atoms with Crippen LogP contribution in [0.2, 0.25) is 10.0 Å². The maximum absolute atomic E-state index is 6.02. The molecule has 0 aliphatic heterocycles. The Bertz CT molecular complexity index is 540. The van der Waals surface area contributed by atoms with Crippen molar-refractivity contribution in [3.05, 3.63) is 49.9 Å². The van der Waals surface area contributed by atoms with Crippen LogP contribution < -0.4 is 5.32 Å². The third-order valence-corrected chi connectivity index (χ3v) is 4.53. The number of nitrogens with zero attached hydrogens (tertiary/aromatic N) is 1. The van der Waals surface area contributed by atoms with Crippen LogP contribution in [0.4, 0.5) is 0 Å². The summed E-state index contributed by atoms with van der Waals surface area (Å²) in [6, 6.07) is 5.95. The first-order chi connectivity index (χ1) is 8.58. The van der Waals surface area contributed by atoms with Crippen LogP contribution in [0.25, 0.3) is 0 Å². The van der Waals surface area contributed by atoms with Crippen molar-refractivity contribution in [1.29, 1.82) is 0 Å². The smallest absolute Gasteiger partial charge is 0.0798 e. The van der Waals surface area contributed by atoms with Gasteiger partial charge in [0, 0.05) is 17.5 Å². The Morgan fingerprint density at radius 3 is 2.72 bits per heavy atom. The minimum atomic E-state index is 0.223. The zero-order valence-corrected chi connectivity index (χ0v) is 12.5. The number of aryl methyl sites for hydroxylation is 1. The number of hydrogen-bond donors (Lipinski definition) is 1. The highest BCUT2D eigenvalue weighted by atomic mass is 35.5. The third kappa shape index (κ3) is 3.23. The molecule has 0 amide bonds. The first kappa shape index (κ1) is 13.8. The molecule has 1 aromatic heterocycles. The zero-order chi connectivity index (χ0) is 13.1. The molecule has 0 fully saturated rings. The van der Waals surface area contributed by atoms with Gasteiger partial charge in [-0.2, -0.15) is 0 Å². The van der Waals surface area contributed by atoms with Gasteiger partial charge in [-0.3, -0.25) is 0 Å². The second kappa shape index (κ2) is 6.02. The van der Waals surface area contributed by atoms with Gasteiger partial charge in [0.1, 0.15) is 0 Å². The van der Waals surface area contributed by atoms with E-state index in [1.807, 2.05) is 30.6 Å². The van der Waals surface area contributed by atoms with Gasteiger partial charge >= 0.3 is 0 Å². The van der Waals surface area contributed by atoms with Crippen molar-refractivity contribution < 1.29 is 0 Å². The first-order valence-electron chi connectivity index (χ1n) is 5.65. The van der Waals surface area contributed by atoms with Crippen molar-refractivity contribution in [3.8, 4) is 0 Å². The van der Waals surface area contributed by atoms with Crippen LogP contribution in [0.1, 0.15) is 29.1 Å². The predicted octanol–water partition coefficient (Wildman–Crippen LogP) is 4.61. The van der Waals surface area contributed by atoms with Gasteiger partial charge in [0.05, 0.1) is 21.2 Å². The van der Waals surface area contributed by atoms with E-state index in [1.165, 1.54) is 4.88 Å². The number of benzene rings is 1. The van der Waals surface area contributed by atoms with Crippen molar-refractivity contribution in [1.82, 2.24) is 10.3 Å². The molecule has 1 N–H and O–H groups in total. The Balaban J connectivity index is 2.01. The molecule has 0 aliphatic carbocycles. The number of halogens is 2. The summed E-state index contributed by atoms with van der Waals surface area (Å²) in [4.78, 5) is 5.50. The number of hydrogen-bond acceptors (Lipinski definition) is 3. The van der Waals surface area contributed by atoms with Crippen LogP contribution in [0.5, 0.6) is 0 Å². The van der Waals surface area contributed by atoms with E-state index in [0.29, 0.717) is 10.0 Å². The van der Waals surface area contributed by atoms with E-state index in [9.17, 15) is 0 Å². The highest BCUT2D eigenvalue weighted by molar-refractivity contribution is 7.09. The molecule has 18 heavy (non-hydrogen) atoms. The summed E-state index contributed by atoms with van der Waals surface area (Å²) in [6.45, 7) is 4.95. The average Bonchev–Trinajstić information content (AvgIpc) is 2.75. The van der Waals surface area contributed by atoms with E-state index >= 15 is 0 Å². The van der Waals surface area contributed by atoms with Crippen molar-refractivity contribution >= 4 is 34.5 Å². The predicted molar refractivity (Wildman–Crippen MR) is 78.6 cm³/mol. The summed E-state index contributed by atoms with van der Waals surface area (Å²) in [6.07, 6.45) is 0. The Kier molecular flexibility index (Phi) is 4.62. The molecule has 96 valence electrons. The number of rotatable bonds is 4. The van der Waals surface area contributed by atoms with E-state index < -0.39 is 0 Å². The molecule has 5 heteroatoms. The van der Waals surface area contributed by atoms with E-state index in [-0.39, 0.29) is 6.04 Å². The molecule has 0 radical (unpaired) electrons. The van der Waals surface area contributed by atoms with E-state index in [0.717, 1.165) is 17.8 Å². The van der Waals surface area contributed by atoms with Crippen molar-refractivity contribution in [3.63, 3.8) is 0 Å². The van der Waals surface area contributed by atoms with E-state index in [2.05, 4.69) is 17.2 Å². The zero-order valence-electron chi connectivity index (χ0n) is 10.2. The molecule has 2 aromatic rings. The molecule has 0 aliphatic rings. The minimum absolute atomic E-state index is 0.223. The van der Waals surface area contributed by atoms with Crippen LogP contribution in [0.3, 0.4) is 0 Å². The second-order valence-electron chi connectivity index (χ2n) is 4.14. The van der Waals surface area contributed by atoms with Crippen LogP contribution in [0, 0.1) is 6.92 Å². The lowest BCUT2D eigenvalue weighted by Gasteiger charge is -2.14. The van der Waals surface area contributed by atoms with E-state index in [1.54, 1.807) is 11.3 Å². The molecule has 2 nitrogen and oxygen atoms in total. The van der Waals surface area contributed by atoms with Gasteiger partial charge in [-0.25, -0.2) is 4.98 Å². The third-order valence-electron chi connectivity index (χ3n) is 2.86. The Morgan fingerprint density at radius 1 is 1.33 bits per heavy atom. The van der Waals surface area contributed by atoms with E-state index in [4.69, 9.17) is 23.2 Å². The van der Waals surface area contributed by atoms with Gasteiger partial charge in [-0.05, 0) is 31.5 Å². The number of nitrogens with one attached hydrogen (secondary N) is 1. The lowest BCUT2D eigenvalue weighted by Crippen LogP contribution is -2.17. The fraction of sp³-hybridized carbons (Fsp3) is 0.308. The fourth-order valence-corrected chi connectivity index (χ4v) is 2.68. The molecule has 0 saturated carbocycles. The monoisotopic (exact) mass is 300 g/mol. The largest absolute Gasteiger partial charge is 0.305 e. The van der Waals surface area contributed by atoms with Crippen LogP contribution >= 0.6 is 34.5 Å². The summed E-state index contributed by atoms with van der Waals surface area (Å²) in [5.41, 5.74) is 4.09. The first-order valence-corrected chi connectivity index (χ1v) is 7.29. The number of thiazole rings is 1. The summed E-state index contributed by atoms with van der Waals surface area (Å²) in [5, 5.41) is 4.64. The Morgan fingerprint density at radius 2 is 2.11 bits per heavy atom. The molecule has 0 saturated heterocycles. The van der Waals surface area contributed by atoms with Crippen molar-refractivity contribution in [2.24, 2.45) is 0 Å². The van der Waals surface area contributed by atoms with Crippen LogP contribution in [-0.2, 0) is 6.54 Å². The molecule has 1 aromatic carbocycles. The Hall–Kier alpha value is -0.610. The molecule has 1 unspecified atom stereocenters.